The summed E-state index contributed by atoms with van der Waals surface area (Å²) in [4.78, 5) is 26.7. The number of aliphatic imine (C=N–C) groups is 1. The standard InChI is InChI=1S/C22H42N6O2/c1-4-23-22(24-16-20-6-5-7-28(20)17-19(2)3)27-10-8-25(9-11-27)18-21(29)26-12-14-30-15-13-26/h19-20H,4-18H2,1-3H3,(H,23,24)/t20-/m1/s1. The number of carbonyl (C=O) groups excluding carboxylic acids is 1. The molecule has 0 spiro atoms. The Hall–Kier alpha value is -1.38. The van der Waals surface area contributed by atoms with Gasteiger partial charge in [-0.25, -0.2) is 0 Å². The van der Waals surface area contributed by atoms with Crippen LogP contribution < -0.4 is 5.32 Å². The molecule has 172 valence electrons. The van der Waals surface area contributed by atoms with E-state index in [9.17, 15) is 4.79 Å². The minimum atomic E-state index is 0.235. The average molecular weight is 423 g/mol. The van der Waals surface area contributed by atoms with Gasteiger partial charge in [-0.2, -0.15) is 0 Å². The maximum Gasteiger partial charge on any atom is 0.236 e. The topological polar surface area (TPSA) is 63.7 Å². The van der Waals surface area contributed by atoms with Crippen molar-refractivity contribution < 1.29 is 9.53 Å². The summed E-state index contributed by atoms with van der Waals surface area (Å²) in [6.07, 6.45) is 2.55. The number of hydrogen-bond donors (Lipinski definition) is 1. The molecular formula is C22H42N6O2. The zero-order valence-corrected chi connectivity index (χ0v) is 19.3. The van der Waals surface area contributed by atoms with Crippen LogP contribution >= 0.6 is 0 Å². The second-order valence-corrected chi connectivity index (χ2v) is 9.14. The van der Waals surface area contributed by atoms with Crippen molar-refractivity contribution in [1.29, 1.82) is 0 Å². The normalized spacial score (nSPS) is 24.7. The van der Waals surface area contributed by atoms with E-state index in [4.69, 9.17) is 9.73 Å². The Balaban J connectivity index is 1.47. The largest absolute Gasteiger partial charge is 0.378 e. The first kappa shape index (κ1) is 23.3. The number of morpholine rings is 1. The van der Waals surface area contributed by atoms with Gasteiger partial charge in [0.1, 0.15) is 0 Å². The third kappa shape index (κ3) is 6.82. The van der Waals surface area contributed by atoms with Crippen molar-refractivity contribution >= 4 is 11.9 Å². The van der Waals surface area contributed by atoms with Crippen molar-refractivity contribution in [3.63, 3.8) is 0 Å². The number of ether oxygens (including phenoxy) is 1. The predicted octanol–water partition coefficient (Wildman–Crippen LogP) is 0.549. The highest BCUT2D eigenvalue weighted by atomic mass is 16.5. The van der Waals surface area contributed by atoms with Crippen LogP contribution in [-0.4, -0.2) is 123 Å². The summed E-state index contributed by atoms with van der Waals surface area (Å²) in [7, 11) is 0. The highest BCUT2D eigenvalue weighted by molar-refractivity contribution is 5.80. The maximum absolute atomic E-state index is 12.5. The van der Waals surface area contributed by atoms with Crippen molar-refractivity contribution in [2.45, 2.75) is 39.7 Å². The van der Waals surface area contributed by atoms with Crippen molar-refractivity contribution in [2.24, 2.45) is 10.9 Å². The SMILES string of the molecule is CCNC(=NC[C@H]1CCCN1CC(C)C)N1CCN(CC(=O)N2CCOCC2)CC1. The van der Waals surface area contributed by atoms with Gasteiger partial charge in [0.15, 0.2) is 5.96 Å². The monoisotopic (exact) mass is 422 g/mol. The lowest BCUT2D eigenvalue weighted by Gasteiger charge is -2.37. The van der Waals surface area contributed by atoms with E-state index >= 15 is 0 Å². The van der Waals surface area contributed by atoms with Crippen molar-refractivity contribution in [1.82, 2.24) is 24.9 Å². The van der Waals surface area contributed by atoms with Gasteiger partial charge in [-0.3, -0.25) is 19.6 Å². The summed E-state index contributed by atoms with van der Waals surface area (Å²) in [6, 6.07) is 0.577. The summed E-state index contributed by atoms with van der Waals surface area (Å²) in [5.41, 5.74) is 0. The molecule has 8 heteroatoms. The third-order valence-corrected chi connectivity index (χ3v) is 6.28. The highest BCUT2D eigenvalue weighted by Gasteiger charge is 2.27. The molecule has 1 atom stereocenters. The Kier molecular flexibility index (Phi) is 9.21. The predicted molar refractivity (Wildman–Crippen MR) is 121 cm³/mol. The van der Waals surface area contributed by atoms with Gasteiger partial charge in [0.2, 0.25) is 5.91 Å². The van der Waals surface area contributed by atoms with Crippen LogP contribution in [0, 0.1) is 5.92 Å². The van der Waals surface area contributed by atoms with E-state index in [1.807, 2.05) is 4.90 Å². The molecule has 3 saturated heterocycles. The van der Waals surface area contributed by atoms with Crippen LogP contribution in [0.1, 0.15) is 33.6 Å². The lowest BCUT2D eigenvalue weighted by Crippen LogP contribution is -2.55. The molecule has 1 N–H and O–H groups in total. The maximum atomic E-state index is 12.5. The Bertz CT molecular complexity index is 556. The number of hydrogen-bond acceptors (Lipinski definition) is 5. The van der Waals surface area contributed by atoms with Crippen molar-refractivity contribution in [2.75, 3.05) is 85.2 Å². The molecule has 0 unspecified atom stereocenters. The van der Waals surface area contributed by atoms with Crippen LogP contribution in [-0.2, 0) is 9.53 Å². The first-order valence-electron chi connectivity index (χ1n) is 11.9. The fraction of sp³-hybridized carbons (Fsp3) is 0.909. The minimum absolute atomic E-state index is 0.235. The van der Waals surface area contributed by atoms with Gasteiger partial charge < -0.3 is 19.9 Å². The van der Waals surface area contributed by atoms with Crippen LogP contribution in [0.25, 0.3) is 0 Å². The summed E-state index contributed by atoms with van der Waals surface area (Å²) in [5.74, 6) is 1.97. The van der Waals surface area contributed by atoms with Crippen LogP contribution in [0.4, 0.5) is 0 Å². The summed E-state index contributed by atoms with van der Waals surface area (Å²) >= 11 is 0. The molecule has 3 aliphatic heterocycles. The molecule has 3 aliphatic rings. The number of nitrogens with zero attached hydrogens (tertiary/aromatic N) is 5. The molecule has 3 fully saturated rings. The van der Waals surface area contributed by atoms with E-state index in [-0.39, 0.29) is 5.91 Å². The Morgan fingerprint density at radius 1 is 1.07 bits per heavy atom. The van der Waals surface area contributed by atoms with E-state index in [2.05, 4.69) is 40.8 Å². The number of amides is 1. The average Bonchev–Trinajstić information content (AvgIpc) is 3.18. The lowest BCUT2D eigenvalue weighted by atomic mass is 10.2. The van der Waals surface area contributed by atoms with Crippen LogP contribution in [0.5, 0.6) is 0 Å². The minimum Gasteiger partial charge on any atom is -0.378 e. The number of nitrogens with one attached hydrogen (secondary N) is 1. The fourth-order valence-electron chi connectivity index (χ4n) is 4.65. The van der Waals surface area contributed by atoms with Crippen molar-refractivity contribution in [3.05, 3.63) is 0 Å². The molecular weight excluding hydrogens is 380 g/mol. The van der Waals surface area contributed by atoms with Crippen LogP contribution in [0.2, 0.25) is 0 Å². The lowest BCUT2D eigenvalue weighted by molar-refractivity contribution is -0.136. The summed E-state index contributed by atoms with van der Waals surface area (Å²) in [6.45, 7) is 17.8. The summed E-state index contributed by atoms with van der Waals surface area (Å²) in [5, 5.41) is 3.49. The van der Waals surface area contributed by atoms with Gasteiger partial charge in [0.25, 0.3) is 0 Å². The number of carbonyl (C=O) groups is 1. The second kappa shape index (κ2) is 11.9. The zero-order chi connectivity index (χ0) is 21.3. The molecule has 3 heterocycles. The Labute approximate surface area is 182 Å². The van der Waals surface area contributed by atoms with Gasteiger partial charge in [-0.1, -0.05) is 13.8 Å². The third-order valence-electron chi connectivity index (χ3n) is 6.28. The number of rotatable bonds is 7. The molecule has 0 radical (unpaired) electrons. The van der Waals surface area contributed by atoms with E-state index in [0.29, 0.717) is 31.7 Å². The van der Waals surface area contributed by atoms with Crippen LogP contribution in [0.15, 0.2) is 4.99 Å². The van der Waals surface area contributed by atoms with Gasteiger partial charge in [0.05, 0.1) is 26.3 Å². The van der Waals surface area contributed by atoms with Gasteiger partial charge >= 0.3 is 0 Å². The highest BCUT2D eigenvalue weighted by Crippen LogP contribution is 2.19. The quantitative estimate of drug-likeness (QED) is 0.478. The van der Waals surface area contributed by atoms with E-state index in [0.717, 1.165) is 58.3 Å². The molecule has 0 saturated carbocycles. The number of piperazine rings is 1. The molecule has 0 aromatic rings. The Morgan fingerprint density at radius 2 is 1.80 bits per heavy atom. The molecule has 0 bridgehead atoms. The first-order valence-corrected chi connectivity index (χ1v) is 11.9. The summed E-state index contributed by atoms with van der Waals surface area (Å²) < 4.78 is 5.35. The molecule has 0 aromatic carbocycles. The van der Waals surface area contributed by atoms with Crippen molar-refractivity contribution in [3.8, 4) is 0 Å². The van der Waals surface area contributed by atoms with Gasteiger partial charge in [-0.05, 0) is 32.2 Å². The molecule has 30 heavy (non-hydrogen) atoms. The van der Waals surface area contributed by atoms with Gasteiger partial charge in [0, 0.05) is 58.4 Å². The second-order valence-electron chi connectivity index (χ2n) is 9.14. The fourth-order valence-corrected chi connectivity index (χ4v) is 4.65. The zero-order valence-electron chi connectivity index (χ0n) is 19.3. The van der Waals surface area contributed by atoms with E-state index in [1.54, 1.807) is 0 Å². The van der Waals surface area contributed by atoms with Crippen LogP contribution in [0.3, 0.4) is 0 Å². The van der Waals surface area contributed by atoms with E-state index in [1.165, 1.54) is 25.9 Å². The number of likely N-dealkylation sites (tertiary alicyclic amines) is 1. The van der Waals surface area contributed by atoms with E-state index < -0.39 is 0 Å². The number of guanidine groups is 1. The molecule has 0 aromatic heterocycles. The Morgan fingerprint density at radius 3 is 2.47 bits per heavy atom. The molecule has 3 rings (SSSR count). The smallest absolute Gasteiger partial charge is 0.236 e. The molecule has 1 amide bonds. The first-order chi connectivity index (χ1) is 14.6. The van der Waals surface area contributed by atoms with Gasteiger partial charge in [-0.15, -0.1) is 0 Å². The molecule has 0 aliphatic carbocycles. The molecule has 8 nitrogen and oxygen atoms in total.